The maximum Gasteiger partial charge on any atom is 0.331 e. The molecule has 40 heavy (non-hydrogen) atoms. The molecule has 0 saturated heterocycles. The van der Waals surface area contributed by atoms with Gasteiger partial charge in [0.2, 0.25) is 0 Å². The highest BCUT2D eigenvalue weighted by molar-refractivity contribution is 6.35. The number of rotatable bonds is 16. The van der Waals surface area contributed by atoms with Crippen LogP contribution in [-0.2, 0) is 9.59 Å². The maximum atomic E-state index is 12.2. The van der Waals surface area contributed by atoms with Gasteiger partial charge >= 0.3 is 11.8 Å². The molecule has 0 aromatic heterocycles. The summed E-state index contributed by atoms with van der Waals surface area (Å²) in [5, 5.41) is 7.82. The summed E-state index contributed by atoms with van der Waals surface area (Å²) in [5.74, 6) is -0.779. The van der Waals surface area contributed by atoms with Crippen LogP contribution in [0.4, 0.5) is 11.4 Å². The second-order valence-electron chi connectivity index (χ2n) is 8.39. The number of carbonyl (C=O) groups is 2. The Morgan fingerprint density at radius 2 is 1.10 bits per heavy atom. The van der Waals surface area contributed by atoms with Gasteiger partial charge in [0.15, 0.2) is 0 Å². The Bertz CT molecular complexity index is 1110. The molecule has 2 aromatic carbocycles. The van der Waals surface area contributed by atoms with Crippen LogP contribution in [0.25, 0.3) is 0 Å². The summed E-state index contributed by atoms with van der Waals surface area (Å²) in [5.41, 5.74) is 7.70. The summed E-state index contributed by atoms with van der Waals surface area (Å²) >= 11 is 0. The van der Waals surface area contributed by atoms with Gasteiger partial charge in [-0.15, -0.1) is 0 Å². The highest BCUT2D eigenvalue weighted by Gasteiger charge is 2.13. The Kier molecular flexibility index (Phi) is 13.5. The van der Waals surface area contributed by atoms with Crippen molar-refractivity contribution in [3.05, 3.63) is 72.8 Å². The van der Waals surface area contributed by atoms with Crippen molar-refractivity contribution >= 4 is 35.6 Å². The summed E-state index contributed by atoms with van der Waals surface area (Å²) in [6.45, 7) is 19.7. The van der Waals surface area contributed by atoms with Gasteiger partial charge in [-0.25, -0.2) is 10.9 Å². The Hall–Kier alpha value is -4.60. The highest BCUT2D eigenvalue weighted by atomic mass is 16.5. The van der Waals surface area contributed by atoms with E-state index in [0.717, 1.165) is 37.6 Å². The minimum absolute atomic E-state index is 0.313. The number of hydrogen-bond donors (Lipinski definition) is 2. The number of hydrazone groups is 2. The van der Waals surface area contributed by atoms with Gasteiger partial charge in [-0.3, -0.25) is 9.59 Å². The van der Waals surface area contributed by atoms with Gasteiger partial charge in [-0.05, 0) is 52.0 Å². The van der Waals surface area contributed by atoms with E-state index in [9.17, 15) is 9.59 Å². The van der Waals surface area contributed by atoms with Gasteiger partial charge in [0, 0.05) is 60.8 Å². The number of nitrogens with zero attached hydrogens (tertiary/aromatic N) is 4. The zero-order valence-corrected chi connectivity index (χ0v) is 23.9. The SMILES string of the molecule is C=CCOc1cc(N(CC)CC)ccc1C=NNC(=O)C(=O)N/N=C/c1ccc(N(CC)CC)cc1OCC=C. The fourth-order valence-corrected chi connectivity index (χ4v) is 3.80. The fourth-order valence-electron chi connectivity index (χ4n) is 3.80. The van der Waals surface area contributed by atoms with E-state index >= 15 is 0 Å². The zero-order valence-electron chi connectivity index (χ0n) is 23.9. The quantitative estimate of drug-likeness (QED) is 0.142. The lowest BCUT2D eigenvalue weighted by molar-refractivity contribution is -0.139. The van der Waals surface area contributed by atoms with Gasteiger partial charge in [0.1, 0.15) is 24.7 Å². The lowest BCUT2D eigenvalue weighted by Crippen LogP contribution is -2.35. The molecule has 2 rings (SSSR count). The van der Waals surface area contributed by atoms with Crippen LogP contribution in [0.15, 0.2) is 71.9 Å². The summed E-state index contributed by atoms with van der Waals surface area (Å²) in [6.07, 6.45) is 6.12. The molecule has 2 aromatic rings. The second-order valence-corrected chi connectivity index (χ2v) is 8.39. The molecule has 0 spiro atoms. The van der Waals surface area contributed by atoms with Gasteiger partial charge < -0.3 is 19.3 Å². The molecule has 0 fully saturated rings. The number of ether oxygens (including phenoxy) is 2. The molecule has 2 amide bonds. The van der Waals surface area contributed by atoms with Crippen LogP contribution in [0, 0.1) is 0 Å². The van der Waals surface area contributed by atoms with Crippen molar-refractivity contribution in [2.45, 2.75) is 27.7 Å². The van der Waals surface area contributed by atoms with Crippen LogP contribution in [0.5, 0.6) is 11.5 Å². The van der Waals surface area contributed by atoms with Crippen molar-refractivity contribution in [1.29, 1.82) is 0 Å². The molecule has 0 radical (unpaired) electrons. The van der Waals surface area contributed by atoms with Crippen LogP contribution in [0.3, 0.4) is 0 Å². The van der Waals surface area contributed by atoms with Crippen molar-refractivity contribution in [2.75, 3.05) is 49.2 Å². The molecule has 0 bridgehead atoms. The summed E-state index contributed by atoms with van der Waals surface area (Å²) in [7, 11) is 0. The van der Waals surface area contributed by atoms with Crippen LogP contribution in [0.2, 0.25) is 0 Å². The largest absolute Gasteiger partial charge is 0.489 e. The monoisotopic (exact) mass is 548 g/mol. The van der Waals surface area contributed by atoms with E-state index in [1.165, 1.54) is 12.4 Å². The number of benzene rings is 2. The average Bonchev–Trinajstić information content (AvgIpc) is 2.97. The first-order valence-electron chi connectivity index (χ1n) is 13.3. The van der Waals surface area contributed by atoms with Gasteiger partial charge in [-0.2, -0.15) is 10.2 Å². The third kappa shape index (κ3) is 9.30. The van der Waals surface area contributed by atoms with E-state index in [4.69, 9.17) is 9.47 Å². The molecular weight excluding hydrogens is 508 g/mol. The standard InChI is InChI=1S/C30H40N6O4/c1-7-17-39-27-19-25(35(9-3)10-4)15-13-23(27)21-31-33-29(37)30(38)34-32-22-24-14-16-26(36(11-5)12-6)20-28(24)40-18-8-2/h7-8,13-16,19-22H,1-2,9-12,17-18H2,3-6H3,(H,33,37)(H,34,38)/b31-21+,32-22?. The predicted octanol–water partition coefficient (Wildman–Crippen LogP) is 4.11. The minimum Gasteiger partial charge on any atom is -0.489 e. The van der Waals surface area contributed by atoms with Crippen LogP contribution in [0.1, 0.15) is 38.8 Å². The second kappa shape index (κ2) is 17.1. The summed E-state index contributed by atoms with van der Waals surface area (Å²) < 4.78 is 11.5. The zero-order chi connectivity index (χ0) is 29.3. The first-order valence-corrected chi connectivity index (χ1v) is 13.3. The Morgan fingerprint density at radius 3 is 1.43 bits per heavy atom. The molecular formula is C30H40N6O4. The normalized spacial score (nSPS) is 10.8. The molecule has 10 nitrogen and oxygen atoms in total. The average molecular weight is 549 g/mol. The van der Waals surface area contributed by atoms with Gasteiger partial charge in [-0.1, -0.05) is 25.3 Å². The molecule has 0 aliphatic heterocycles. The first kappa shape index (κ1) is 31.6. The topological polar surface area (TPSA) is 108 Å². The Morgan fingerprint density at radius 1 is 0.725 bits per heavy atom. The molecule has 0 aliphatic carbocycles. The number of carbonyl (C=O) groups excluding carboxylic acids is 2. The van der Waals surface area contributed by atoms with E-state index in [1.54, 1.807) is 12.2 Å². The highest BCUT2D eigenvalue weighted by Crippen LogP contribution is 2.26. The smallest absolute Gasteiger partial charge is 0.331 e. The van der Waals surface area contributed by atoms with Gasteiger partial charge in [0.25, 0.3) is 0 Å². The van der Waals surface area contributed by atoms with Crippen molar-refractivity contribution in [3.8, 4) is 11.5 Å². The van der Waals surface area contributed by atoms with Crippen molar-refractivity contribution in [2.24, 2.45) is 10.2 Å². The maximum absolute atomic E-state index is 12.2. The van der Waals surface area contributed by atoms with Crippen LogP contribution >= 0.6 is 0 Å². The van der Waals surface area contributed by atoms with Crippen molar-refractivity contribution in [1.82, 2.24) is 10.9 Å². The Balaban J connectivity index is 2.06. The third-order valence-electron chi connectivity index (χ3n) is 5.91. The van der Waals surface area contributed by atoms with Crippen molar-refractivity contribution in [3.63, 3.8) is 0 Å². The van der Waals surface area contributed by atoms with Gasteiger partial charge in [0.05, 0.1) is 12.4 Å². The molecule has 10 heteroatoms. The molecule has 0 unspecified atom stereocenters. The van der Waals surface area contributed by atoms with E-state index in [1.807, 2.05) is 36.4 Å². The molecule has 0 saturated carbocycles. The summed E-state index contributed by atoms with van der Waals surface area (Å²) in [6, 6.07) is 11.4. The van der Waals surface area contributed by atoms with E-state index in [-0.39, 0.29) is 0 Å². The van der Waals surface area contributed by atoms with E-state index < -0.39 is 11.8 Å². The Labute approximate surface area is 237 Å². The van der Waals surface area contributed by atoms with Crippen LogP contribution < -0.4 is 30.1 Å². The van der Waals surface area contributed by atoms with Crippen molar-refractivity contribution < 1.29 is 19.1 Å². The first-order chi connectivity index (χ1) is 19.4. The lowest BCUT2D eigenvalue weighted by atomic mass is 10.2. The predicted molar refractivity (Wildman–Crippen MR) is 163 cm³/mol. The number of nitrogens with one attached hydrogen (secondary N) is 2. The van der Waals surface area contributed by atoms with E-state index in [2.05, 4.69) is 71.7 Å². The number of anilines is 2. The third-order valence-corrected chi connectivity index (χ3v) is 5.91. The molecule has 0 heterocycles. The molecule has 2 N–H and O–H groups in total. The fraction of sp³-hybridized carbons (Fsp3) is 0.333. The molecule has 214 valence electrons. The lowest BCUT2D eigenvalue weighted by Gasteiger charge is -2.22. The molecule has 0 aliphatic rings. The van der Waals surface area contributed by atoms with Crippen LogP contribution in [-0.4, -0.2) is 63.6 Å². The van der Waals surface area contributed by atoms with E-state index in [0.29, 0.717) is 35.8 Å². The number of amides is 2. The summed E-state index contributed by atoms with van der Waals surface area (Å²) in [4.78, 5) is 28.9. The number of hydrogen-bond acceptors (Lipinski definition) is 8. The minimum atomic E-state index is -0.971. The molecule has 0 atom stereocenters.